The van der Waals surface area contributed by atoms with Gasteiger partial charge in [-0.2, -0.15) is 5.21 Å². The highest BCUT2D eigenvalue weighted by molar-refractivity contribution is 5.92. The number of hydrogen-bond acceptors (Lipinski definition) is 5. The molecule has 0 bridgehead atoms. The van der Waals surface area contributed by atoms with Crippen LogP contribution in [-0.4, -0.2) is 30.4 Å². The molecule has 0 amide bonds. The van der Waals surface area contributed by atoms with Crippen molar-refractivity contribution in [3.05, 3.63) is 48.3 Å². The molecule has 0 aliphatic heterocycles. The molecule has 8 heteroatoms. The first-order chi connectivity index (χ1) is 10.7. The smallest absolute Gasteiger partial charge is 0.204 e. The summed E-state index contributed by atoms with van der Waals surface area (Å²) in [4.78, 5) is 0. The zero-order valence-electron chi connectivity index (χ0n) is 11.2. The Kier molecular flexibility index (Phi) is 2.62. The van der Waals surface area contributed by atoms with Crippen LogP contribution in [0.2, 0.25) is 0 Å². The number of aromatic nitrogens is 6. The monoisotopic (exact) mass is 295 g/mol. The van der Waals surface area contributed by atoms with Crippen LogP contribution in [0.25, 0.3) is 28.0 Å². The van der Waals surface area contributed by atoms with E-state index in [0.29, 0.717) is 17.3 Å². The Morgan fingerprint density at radius 1 is 1.09 bits per heavy atom. The number of halogens is 1. The minimum atomic E-state index is -0.305. The quantitative estimate of drug-likeness (QED) is 0.588. The Balaban J connectivity index is 1.94. The molecule has 0 unspecified atom stereocenters. The Morgan fingerprint density at radius 2 is 1.91 bits per heavy atom. The summed E-state index contributed by atoms with van der Waals surface area (Å²) in [6.07, 6.45) is 0. The summed E-state index contributed by atoms with van der Waals surface area (Å²) in [6.45, 7) is 0. The number of rotatable bonds is 2. The first kappa shape index (κ1) is 12.5. The second-order valence-corrected chi connectivity index (χ2v) is 4.74. The maximum atomic E-state index is 13.1. The van der Waals surface area contributed by atoms with E-state index in [9.17, 15) is 4.39 Å². The second kappa shape index (κ2) is 4.62. The lowest BCUT2D eigenvalue weighted by atomic mass is 10.1. The molecule has 0 saturated carbocycles. The number of H-pyrrole nitrogens is 1. The number of benzene rings is 2. The zero-order chi connectivity index (χ0) is 15.1. The number of tetrazole rings is 1. The molecule has 7 nitrogen and oxygen atoms in total. The molecule has 0 spiro atoms. The van der Waals surface area contributed by atoms with Crippen molar-refractivity contribution >= 4 is 16.7 Å². The van der Waals surface area contributed by atoms with E-state index in [4.69, 9.17) is 5.73 Å². The van der Waals surface area contributed by atoms with E-state index in [0.717, 1.165) is 16.5 Å². The first-order valence-corrected chi connectivity index (χ1v) is 6.50. The van der Waals surface area contributed by atoms with Gasteiger partial charge in [0.15, 0.2) is 5.82 Å². The summed E-state index contributed by atoms with van der Waals surface area (Å²) in [5.41, 5.74) is 8.24. The van der Waals surface area contributed by atoms with Gasteiger partial charge in [-0.1, -0.05) is 6.07 Å². The van der Waals surface area contributed by atoms with Gasteiger partial charge in [-0.3, -0.25) is 0 Å². The van der Waals surface area contributed by atoms with Crippen LogP contribution in [0.4, 0.5) is 10.2 Å². The molecule has 0 atom stereocenters. The van der Waals surface area contributed by atoms with Gasteiger partial charge in [0.1, 0.15) is 5.82 Å². The lowest BCUT2D eigenvalue weighted by Crippen LogP contribution is -1.97. The van der Waals surface area contributed by atoms with Crippen LogP contribution in [0, 0.1) is 5.82 Å². The number of fused-ring (bicyclic) bond motifs is 1. The number of nitrogen functional groups attached to an aromatic ring is 1. The van der Waals surface area contributed by atoms with E-state index < -0.39 is 0 Å². The fourth-order valence-corrected chi connectivity index (χ4v) is 2.34. The highest BCUT2D eigenvalue weighted by atomic mass is 19.1. The van der Waals surface area contributed by atoms with Crippen molar-refractivity contribution in [3.8, 4) is 17.1 Å². The van der Waals surface area contributed by atoms with Gasteiger partial charge in [0.05, 0.1) is 11.2 Å². The van der Waals surface area contributed by atoms with Crippen LogP contribution >= 0.6 is 0 Å². The predicted octanol–water partition coefficient (Wildman–Crippen LogP) is 1.93. The molecular formula is C14H10FN7. The van der Waals surface area contributed by atoms with Crippen LogP contribution in [0.15, 0.2) is 42.5 Å². The number of anilines is 1. The Hall–Kier alpha value is -3.29. The highest BCUT2D eigenvalue weighted by Gasteiger charge is 2.12. The summed E-state index contributed by atoms with van der Waals surface area (Å²) < 4.78 is 14.8. The summed E-state index contributed by atoms with van der Waals surface area (Å²) in [5, 5.41) is 19.0. The summed E-state index contributed by atoms with van der Waals surface area (Å²) in [5.74, 6) is 0.576. The van der Waals surface area contributed by atoms with Gasteiger partial charge in [0.2, 0.25) is 5.82 Å². The Labute approximate surface area is 123 Å². The van der Waals surface area contributed by atoms with Crippen LogP contribution in [0.5, 0.6) is 0 Å². The average Bonchev–Trinajstić information content (AvgIpc) is 3.17. The molecule has 2 heterocycles. The molecule has 2 aromatic carbocycles. The van der Waals surface area contributed by atoms with Crippen molar-refractivity contribution in [1.29, 1.82) is 0 Å². The van der Waals surface area contributed by atoms with Crippen molar-refractivity contribution in [2.75, 3.05) is 5.73 Å². The maximum Gasteiger partial charge on any atom is 0.204 e. The van der Waals surface area contributed by atoms with Gasteiger partial charge in [0.25, 0.3) is 0 Å². The summed E-state index contributed by atoms with van der Waals surface area (Å²) in [7, 11) is 0. The third kappa shape index (κ3) is 1.89. The molecule has 108 valence electrons. The van der Waals surface area contributed by atoms with Crippen LogP contribution in [0.3, 0.4) is 0 Å². The molecule has 0 saturated heterocycles. The first-order valence-electron chi connectivity index (χ1n) is 6.50. The molecule has 4 rings (SSSR count). The lowest BCUT2D eigenvalue weighted by Gasteiger charge is -2.03. The van der Waals surface area contributed by atoms with Gasteiger partial charge < -0.3 is 5.73 Å². The molecule has 0 radical (unpaired) electrons. The molecule has 4 aromatic rings. The van der Waals surface area contributed by atoms with Gasteiger partial charge >= 0.3 is 0 Å². The van der Waals surface area contributed by atoms with Crippen molar-refractivity contribution in [1.82, 2.24) is 30.4 Å². The molecule has 22 heavy (non-hydrogen) atoms. The Morgan fingerprint density at radius 3 is 2.64 bits per heavy atom. The number of nitrogens with two attached hydrogens (primary N) is 1. The van der Waals surface area contributed by atoms with Crippen LogP contribution in [-0.2, 0) is 0 Å². The van der Waals surface area contributed by atoms with Crippen LogP contribution < -0.4 is 5.73 Å². The van der Waals surface area contributed by atoms with Gasteiger partial charge in [-0.15, -0.1) is 15.3 Å². The Bertz CT molecular complexity index is 941. The fraction of sp³-hybridized carbons (Fsp3) is 0. The standard InChI is InChI=1S/C14H10FN7/c15-9-2-4-10(5-3-9)22-12-7-8(14-17-20-21-18-14)1-6-11(12)13(16)19-22/h1-7H,(H2,16,19)(H,17,18,20,21). The summed E-state index contributed by atoms with van der Waals surface area (Å²) >= 11 is 0. The van der Waals surface area contributed by atoms with E-state index in [-0.39, 0.29) is 5.82 Å². The predicted molar refractivity (Wildman–Crippen MR) is 78.6 cm³/mol. The normalized spacial score (nSPS) is 11.1. The SMILES string of the molecule is Nc1nn(-c2ccc(F)cc2)c2cc(-c3nn[nH]n3)ccc12. The van der Waals surface area contributed by atoms with E-state index in [1.165, 1.54) is 12.1 Å². The molecule has 0 aliphatic carbocycles. The number of hydrogen-bond donors (Lipinski definition) is 2. The third-order valence-electron chi connectivity index (χ3n) is 3.38. The molecule has 0 aliphatic rings. The second-order valence-electron chi connectivity index (χ2n) is 4.74. The van der Waals surface area contributed by atoms with Gasteiger partial charge in [-0.25, -0.2) is 9.07 Å². The summed E-state index contributed by atoms with van der Waals surface area (Å²) in [6, 6.07) is 11.6. The fourth-order valence-electron chi connectivity index (χ4n) is 2.34. The van der Waals surface area contributed by atoms with E-state index >= 15 is 0 Å². The molecule has 0 fully saturated rings. The van der Waals surface area contributed by atoms with Crippen molar-refractivity contribution in [3.63, 3.8) is 0 Å². The largest absolute Gasteiger partial charge is 0.382 e. The van der Waals surface area contributed by atoms with Gasteiger partial charge in [0, 0.05) is 10.9 Å². The minimum absolute atomic E-state index is 0.305. The zero-order valence-corrected chi connectivity index (χ0v) is 11.2. The number of nitrogens with one attached hydrogen (secondary N) is 1. The maximum absolute atomic E-state index is 13.1. The van der Waals surface area contributed by atoms with E-state index in [2.05, 4.69) is 25.7 Å². The van der Waals surface area contributed by atoms with Gasteiger partial charge in [-0.05, 0) is 41.6 Å². The molecule has 2 aromatic heterocycles. The average molecular weight is 295 g/mol. The minimum Gasteiger partial charge on any atom is -0.382 e. The third-order valence-corrected chi connectivity index (χ3v) is 3.38. The van der Waals surface area contributed by atoms with Crippen LogP contribution in [0.1, 0.15) is 0 Å². The topological polar surface area (TPSA) is 98.3 Å². The van der Waals surface area contributed by atoms with Crippen molar-refractivity contribution in [2.45, 2.75) is 0 Å². The highest BCUT2D eigenvalue weighted by Crippen LogP contribution is 2.27. The lowest BCUT2D eigenvalue weighted by molar-refractivity contribution is 0.627. The van der Waals surface area contributed by atoms with Crippen molar-refractivity contribution < 1.29 is 4.39 Å². The molecular weight excluding hydrogens is 285 g/mol. The molecule has 3 N–H and O–H groups in total. The van der Waals surface area contributed by atoms with E-state index in [1.54, 1.807) is 16.8 Å². The number of aromatic amines is 1. The number of nitrogens with zero attached hydrogens (tertiary/aromatic N) is 5. The van der Waals surface area contributed by atoms with Crippen molar-refractivity contribution in [2.24, 2.45) is 0 Å². The van der Waals surface area contributed by atoms with E-state index in [1.807, 2.05) is 18.2 Å².